The van der Waals surface area contributed by atoms with Gasteiger partial charge in [-0.25, -0.2) is 0 Å². The van der Waals surface area contributed by atoms with Crippen molar-refractivity contribution in [1.82, 2.24) is 4.98 Å². The fraction of sp³-hybridized carbons (Fsp3) is 0.167. The maximum atomic E-state index is 12.0. The second kappa shape index (κ2) is 4.09. The molecule has 0 amide bonds. The van der Waals surface area contributed by atoms with E-state index in [-0.39, 0.29) is 5.78 Å². The largest absolute Gasteiger partial charge is 0.472 e. The highest BCUT2D eigenvalue weighted by Crippen LogP contribution is 2.12. The summed E-state index contributed by atoms with van der Waals surface area (Å²) in [7, 11) is 0. The Morgan fingerprint density at radius 3 is 3.00 bits per heavy atom. The van der Waals surface area contributed by atoms with E-state index in [2.05, 4.69) is 4.98 Å². The van der Waals surface area contributed by atoms with Crippen molar-refractivity contribution >= 4 is 5.78 Å². The van der Waals surface area contributed by atoms with Crippen molar-refractivity contribution in [3.8, 4) is 0 Å². The average Bonchev–Trinajstić information content (AvgIpc) is 2.81. The molecule has 2 heterocycles. The number of pyridine rings is 1. The van der Waals surface area contributed by atoms with Gasteiger partial charge < -0.3 is 4.42 Å². The molecule has 0 atom stereocenters. The zero-order chi connectivity index (χ0) is 10.7. The number of hydrogen-bond acceptors (Lipinski definition) is 3. The zero-order valence-electron chi connectivity index (χ0n) is 8.43. The van der Waals surface area contributed by atoms with E-state index in [4.69, 9.17) is 4.42 Å². The van der Waals surface area contributed by atoms with Gasteiger partial charge in [0, 0.05) is 6.20 Å². The topological polar surface area (TPSA) is 43.1 Å². The highest BCUT2D eigenvalue weighted by molar-refractivity contribution is 6.08. The molecule has 0 aromatic carbocycles. The highest BCUT2D eigenvalue weighted by Gasteiger charge is 2.14. The van der Waals surface area contributed by atoms with Crippen molar-refractivity contribution in [1.29, 1.82) is 0 Å². The van der Waals surface area contributed by atoms with Crippen molar-refractivity contribution in [2.45, 2.75) is 13.3 Å². The van der Waals surface area contributed by atoms with E-state index < -0.39 is 0 Å². The maximum absolute atomic E-state index is 12.0. The highest BCUT2D eigenvalue weighted by atomic mass is 16.3. The minimum Gasteiger partial charge on any atom is -0.472 e. The Morgan fingerprint density at radius 2 is 2.33 bits per heavy atom. The molecule has 0 aliphatic carbocycles. The lowest BCUT2D eigenvalue weighted by Gasteiger charge is -2.02. The Bertz CT molecular complexity index is 460. The third kappa shape index (κ3) is 1.81. The van der Waals surface area contributed by atoms with Crippen LogP contribution in [0.5, 0.6) is 0 Å². The van der Waals surface area contributed by atoms with Crippen molar-refractivity contribution in [3.05, 3.63) is 53.7 Å². The number of rotatable bonds is 3. The van der Waals surface area contributed by atoms with Crippen molar-refractivity contribution in [3.63, 3.8) is 0 Å². The first kappa shape index (κ1) is 9.65. The fourth-order valence-corrected chi connectivity index (χ4v) is 1.46. The van der Waals surface area contributed by atoms with Crippen LogP contribution >= 0.6 is 0 Å². The number of carbonyl (C=O) groups is 1. The molecule has 2 rings (SSSR count). The van der Waals surface area contributed by atoms with E-state index in [1.807, 2.05) is 19.1 Å². The lowest BCUT2D eigenvalue weighted by Crippen LogP contribution is -2.06. The molecule has 2 aromatic rings. The van der Waals surface area contributed by atoms with Gasteiger partial charge in [-0.15, -0.1) is 0 Å². The molecular weight excluding hydrogens is 190 g/mol. The van der Waals surface area contributed by atoms with Gasteiger partial charge in [-0.3, -0.25) is 9.78 Å². The Kier molecular flexibility index (Phi) is 2.63. The van der Waals surface area contributed by atoms with Gasteiger partial charge in [0.15, 0.2) is 0 Å². The van der Waals surface area contributed by atoms with Gasteiger partial charge in [0.25, 0.3) is 0 Å². The van der Waals surface area contributed by atoms with E-state index in [1.54, 1.807) is 12.3 Å². The molecule has 2 aromatic heterocycles. The van der Waals surface area contributed by atoms with Gasteiger partial charge in [0.2, 0.25) is 5.78 Å². The van der Waals surface area contributed by atoms with Crippen LogP contribution in [-0.2, 0) is 6.42 Å². The summed E-state index contributed by atoms with van der Waals surface area (Å²) in [6, 6.07) is 5.40. The number of carbonyl (C=O) groups excluding carboxylic acids is 1. The first-order valence-electron chi connectivity index (χ1n) is 4.83. The number of ketones is 1. The van der Waals surface area contributed by atoms with Crippen LogP contribution in [0.2, 0.25) is 0 Å². The molecular formula is C12H11NO2. The quantitative estimate of drug-likeness (QED) is 0.716. The molecule has 0 saturated carbocycles. The molecule has 0 spiro atoms. The van der Waals surface area contributed by atoms with Gasteiger partial charge in [-0.2, -0.15) is 0 Å². The standard InChI is InChI=1S/C12H11NO2/c1-2-9-4-3-6-13-11(9)12(14)10-5-7-15-8-10/h3-8H,2H2,1H3. The van der Waals surface area contributed by atoms with Crippen molar-refractivity contribution in [2.75, 3.05) is 0 Å². The normalized spacial score (nSPS) is 10.2. The summed E-state index contributed by atoms with van der Waals surface area (Å²) in [6.07, 6.45) is 5.36. The molecule has 0 aliphatic rings. The molecule has 15 heavy (non-hydrogen) atoms. The molecule has 76 valence electrons. The molecule has 0 aliphatic heterocycles. The smallest absolute Gasteiger partial charge is 0.214 e. The number of nitrogens with zero attached hydrogens (tertiary/aromatic N) is 1. The Morgan fingerprint density at radius 1 is 1.47 bits per heavy atom. The van der Waals surface area contributed by atoms with Crippen LogP contribution < -0.4 is 0 Å². The van der Waals surface area contributed by atoms with E-state index in [0.29, 0.717) is 11.3 Å². The van der Waals surface area contributed by atoms with E-state index in [9.17, 15) is 4.79 Å². The van der Waals surface area contributed by atoms with Crippen LogP contribution in [-0.4, -0.2) is 10.8 Å². The average molecular weight is 201 g/mol. The first-order valence-corrected chi connectivity index (χ1v) is 4.83. The predicted octanol–water partition coefficient (Wildman–Crippen LogP) is 2.47. The Hall–Kier alpha value is -1.90. The van der Waals surface area contributed by atoms with Crippen LogP contribution in [0.15, 0.2) is 41.3 Å². The monoisotopic (exact) mass is 201 g/mol. The molecule has 0 unspecified atom stereocenters. The van der Waals surface area contributed by atoms with Crippen LogP contribution in [0, 0.1) is 0 Å². The summed E-state index contributed by atoms with van der Waals surface area (Å²) in [5.74, 6) is -0.0822. The van der Waals surface area contributed by atoms with Crippen LogP contribution in [0.1, 0.15) is 28.5 Å². The molecule has 0 fully saturated rings. The maximum Gasteiger partial charge on any atom is 0.214 e. The van der Waals surface area contributed by atoms with Gasteiger partial charge >= 0.3 is 0 Å². The number of hydrogen-bond donors (Lipinski definition) is 0. The lowest BCUT2D eigenvalue weighted by molar-refractivity contribution is 0.103. The van der Waals surface area contributed by atoms with Gasteiger partial charge in [-0.1, -0.05) is 13.0 Å². The third-order valence-electron chi connectivity index (χ3n) is 2.27. The number of furan rings is 1. The van der Waals surface area contributed by atoms with Crippen LogP contribution in [0.4, 0.5) is 0 Å². The first-order chi connectivity index (χ1) is 7.33. The summed E-state index contributed by atoms with van der Waals surface area (Å²) < 4.78 is 4.88. The number of aromatic nitrogens is 1. The van der Waals surface area contributed by atoms with Gasteiger partial charge in [0.05, 0.1) is 11.8 Å². The molecule has 0 saturated heterocycles. The predicted molar refractivity (Wildman–Crippen MR) is 55.8 cm³/mol. The zero-order valence-corrected chi connectivity index (χ0v) is 8.43. The summed E-state index contributed by atoms with van der Waals surface area (Å²) >= 11 is 0. The molecule has 3 nitrogen and oxygen atoms in total. The SMILES string of the molecule is CCc1cccnc1C(=O)c1ccoc1. The van der Waals surface area contributed by atoms with Crippen LogP contribution in [0.25, 0.3) is 0 Å². The van der Waals surface area contributed by atoms with Crippen LogP contribution in [0.3, 0.4) is 0 Å². The third-order valence-corrected chi connectivity index (χ3v) is 2.27. The van der Waals surface area contributed by atoms with Crippen molar-refractivity contribution in [2.24, 2.45) is 0 Å². The summed E-state index contributed by atoms with van der Waals surface area (Å²) in [4.78, 5) is 16.1. The Balaban J connectivity index is 2.42. The van der Waals surface area contributed by atoms with Gasteiger partial charge in [-0.05, 0) is 24.1 Å². The van der Waals surface area contributed by atoms with Gasteiger partial charge in [0.1, 0.15) is 12.0 Å². The second-order valence-electron chi connectivity index (χ2n) is 3.21. The number of aryl methyl sites for hydroxylation is 1. The molecule has 0 N–H and O–H groups in total. The fourth-order valence-electron chi connectivity index (χ4n) is 1.46. The van der Waals surface area contributed by atoms with Crippen molar-refractivity contribution < 1.29 is 9.21 Å². The summed E-state index contributed by atoms with van der Waals surface area (Å²) in [5, 5.41) is 0. The molecule has 0 bridgehead atoms. The molecule has 3 heteroatoms. The molecule has 0 radical (unpaired) electrons. The van der Waals surface area contributed by atoms with E-state index in [1.165, 1.54) is 12.5 Å². The summed E-state index contributed by atoms with van der Waals surface area (Å²) in [6.45, 7) is 2.00. The minimum atomic E-state index is -0.0822. The van der Waals surface area contributed by atoms with E-state index in [0.717, 1.165) is 12.0 Å². The second-order valence-corrected chi connectivity index (χ2v) is 3.21. The van der Waals surface area contributed by atoms with E-state index >= 15 is 0 Å². The minimum absolute atomic E-state index is 0.0822. The summed E-state index contributed by atoms with van der Waals surface area (Å²) in [5.41, 5.74) is 2.02. The lowest BCUT2D eigenvalue weighted by atomic mass is 10.0. The Labute approximate surface area is 87.8 Å².